The second-order valence-corrected chi connectivity index (χ2v) is 8.75. The molecule has 7 nitrogen and oxygen atoms in total. The van der Waals surface area contributed by atoms with E-state index in [9.17, 15) is 9.18 Å². The molecule has 1 saturated heterocycles. The number of likely N-dealkylation sites (N-methyl/N-ethyl adjacent to an activating group) is 1. The molecule has 0 saturated carbocycles. The number of anilines is 1. The van der Waals surface area contributed by atoms with Gasteiger partial charge in [0.2, 0.25) is 0 Å². The summed E-state index contributed by atoms with van der Waals surface area (Å²) >= 11 is 0. The predicted octanol–water partition coefficient (Wildman–Crippen LogP) is 2.33. The SMILES string of the molecule is CN(CCn1ccnc1)Cc1ccc2n(c1=O)C[C@H]1C[C@@H]2CN(c2ncccc2F)C1. The first-order chi connectivity index (χ1) is 15.1. The van der Waals surface area contributed by atoms with Crippen LogP contribution in [0.15, 0.2) is 54.0 Å². The van der Waals surface area contributed by atoms with Crippen LogP contribution in [0, 0.1) is 11.7 Å². The fourth-order valence-corrected chi connectivity index (χ4v) is 4.97. The van der Waals surface area contributed by atoms with Crippen molar-refractivity contribution in [3.05, 3.63) is 76.6 Å². The number of piperidine rings is 1. The molecule has 0 aromatic carbocycles. The minimum Gasteiger partial charge on any atom is -0.353 e. The van der Waals surface area contributed by atoms with Gasteiger partial charge in [0, 0.05) is 75.0 Å². The zero-order valence-corrected chi connectivity index (χ0v) is 17.7. The number of pyridine rings is 2. The minimum atomic E-state index is -0.283. The van der Waals surface area contributed by atoms with Gasteiger partial charge < -0.3 is 18.9 Å². The highest BCUT2D eigenvalue weighted by Gasteiger charge is 2.36. The number of rotatable bonds is 6. The molecule has 0 spiro atoms. The molecule has 2 atom stereocenters. The lowest BCUT2D eigenvalue weighted by Gasteiger charge is -2.43. The largest absolute Gasteiger partial charge is 0.353 e. The van der Waals surface area contributed by atoms with Crippen LogP contribution in [0.4, 0.5) is 10.2 Å². The van der Waals surface area contributed by atoms with E-state index in [-0.39, 0.29) is 17.3 Å². The van der Waals surface area contributed by atoms with Crippen LogP contribution < -0.4 is 10.5 Å². The van der Waals surface area contributed by atoms with Crippen LogP contribution in [0.5, 0.6) is 0 Å². The van der Waals surface area contributed by atoms with E-state index in [2.05, 4.69) is 20.9 Å². The van der Waals surface area contributed by atoms with Gasteiger partial charge in [-0.15, -0.1) is 0 Å². The molecule has 2 aliphatic rings. The Kier molecular flexibility index (Phi) is 5.31. The number of halogens is 1. The molecule has 2 aliphatic heterocycles. The molecule has 3 aromatic rings. The number of imidazole rings is 1. The van der Waals surface area contributed by atoms with Gasteiger partial charge in [0.05, 0.1) is 6.33 Å². The van der Waals surface area contributed by atoms with Crippen LogP contribution >= 0.6 is 0 Å². The number of aromatic nitrogens is 4. The van der Waals surface area contributed by atoms with Crippen molar-refractivity contribution in [2.75, 3.05) is 31.6 Å². The van der Waals surface area contributed by atoms with E-state index in [0.717, 1.165) is 37.3 Å². The summed E-state index contributed by atoms with van der Waals surface area (Å²) < 4.78 is 18.3. The number of fused-ring (bicyclic) bond motifs is 4. The van der Waals surface area contributed by atoms with Gasteiger partial charge in [0.15, 0.2) is 11.6 Å². The topological polar surface area (TPSA) is 59.2 Å². The van der Waals surface area contributed by atoms with E-state index in [4.69, 9.17) is 0 Å². The van der Waals surface area contributed by atoms with Crippen LogP contribution in [0.1, 0.15) is 23.6 Å². The van der Waals surface area contributed by atoms with E-state index in [1.165, 1.54) is 6.07 Å². The van der Waals surface area contributed by atoms with Crippen LogP contribution in [0.2, 0.25) is 0 Å². The molecule has 3 aromatic heterocycles. The maximum atomic E-state index is 14.3. The molecule has 5 heterocycles. The molecule has 162 valence electrons. The molecule has 0 amide bonds. The third-order valence-electron chi connectivity index (χ3n) is 6.46. The van der Waals surface area contributed by atoms with Gasteiger partial charge in [0.1, 0.15) is 0 Å². The zero-order valence-electron chi connectivity index (χ0n) is 17.7. The lowest BCUT2D eigenvalue weighted by atomic mass is 9.83. The zero-order chi connectivity index (χ0) is 21.4. The highest BCUT2D eigenvalue weighted by atomic mass is 19.1. The van der Waals surface area contributed by atoms with Crippen LogP contribution in [-0.4, -0.2) is 50.7 Å². The van der Waals surface area contributed by atoms with Gasteiger partial charge in [0.25, 0.3) is 5.56 Å². The Hall–Kier alpha value is -3.00. The first-order valence-electron chi connectivity index (χ1n) is 10.8. The summed E-state index contributed by atoms with van der Waals surface area (Å²) in [4.78, 5) is 25.8. The summed E-state index contributed by atoms with van der Waals surface area (Å²) in [6.07, 6.45) is 8.20. The Bertz CT molecular complexity index is 1110. The van der Waals surface area contributed by atoms with Crippen molar-refractivity contribution in [1.29, 1.82) is 0 Å². The molecule has 0 radical (unpaired) electrons. The van der Waals surface area contributed by atoms with Gasteiger partial charge >= 0.3 is 0 Å². The predicted molar refractivity (Wildman–Crippen MR) is 117 cm³/mol. The average Bonchev–Trinajstić information content (AvgIpc) is 3.29. The summed E-state index contributed by atoms with van der Waals surface area (Å²) in [5, 5.41) is 0. The van der Waals surface area contributed by atoms with Crippen molar-refractivity contribution in [1.82, 2.24) is 24.0 Å². The highest BCUT2D eigenvalue weighted by molar-refractivity contribution is 5.42. The lowest BCUT2D eigenvalue weighted by Crippen LogP contribution is -2.48. The normalized spacial score (nSPS) is 20.2. The van der Waals surface area contributed by atoms with Crippen molar-refractivity contribution < 1.29 is 4.39 Å². The summed E-state index contributed by atoms with van der Waals surface area (Å²) in [5.41, 5.74) is 2.00. The van der Waals surface area contributed by atoms with Gasteiger partial charge in [-0.1, -0.05) is 6.07 Å². The number of nitrogens with zero attached hydrogens (tertiary/aromatic N) is 6. The van der Waals surface area contributed by atoms with Crippen molar-refractivity contribution >= 4 is 5.82 Å². The molecular weight excluding hydrogens is 395 g/mol. The molecular formula is C23H27FN6O. The third kappa shape index (κ3) is 3.99. The van der Waals surface area contributed by atoms with Crippen LogP contribution in [0.3, 0.4) is 0 Å². The van der Waals surface area contributed by atoms with Crippen LogP contribution in [0.25, 0.3) is 0 Å². The summed E-state index contributed by atoms with van der Waals surface area (Å²) in [6.45, 7) is 4.40. The van der Waals surface area contributed by atoms with E-state index in [1.807, 2.05) is 33.3 Å². The standard InChI is InChI=1S/C23H27FN6O/c1-27(9-10-28-8-7-25-16-28)14-18-4-5-21-19-11-17(13-30(21)23(18)31)12-29(15-19)22-20(24)3-2-6-26-22/h2-8,16-17,19H,9-15H2,1H3/t17-,19+/m0/s1. The molecule has 5 rings (SSSR count). The monoisotopic (exact) mass is 422 g/mol. The fourth-order valence-electron chi connectivity index (χ4n) is 4.97. The van der Waals surface area contributed by atoms with Crippen LogP contribution in [-0.2, 0) is 19.6 Å². The van der Waals surface area contributed by atoms with E-state index in [0.29, 0.717) is 31.4 Å². The Labute approximate surface area is 180 Å². The maximum absolute atomic E-state index is 14.3. The fraction of sp³-hybridized carbons (Fsp3) is 0.435. The summed E-state index contributed by atoms with van der Waals surface area (Å²) in [6, 6.07) is 7.15. The molecule has 31 heavy (non-hydrogen) atoms. The lowest BCUT2D eigenvalue weighted by molar-refractivity contribution is 0.274. The van der Waals surface area contributed by atoms with Crippen molar-refractivity contribution in [3.8, 4) is 0 Å². The van der Waals surface area contributed by atoms with Crippen molar-refractivity contribution in [3.63, 3.8) is 0 Å². The number of hydrogen-bond acceptors (Lipinski definition) is 5. The summed E-state index contributed by atoms with van der Waals surface area (Å²) in [5.74, 6) is 0.673. The molecule has 8 heteroatoms. The minimum absolute atomic E-state index is 0.110. The van der Waals surface area contributed by atoms with E-state index < -0.39 is 0 Å². The molecule has 0 N–H and O–H groups in total. The molecule has 0 aliphatic carbocycles. The Morgan fingerprint density at radius 2 is 2.10 bits per heavy atom. The Morgan fingerprint density at radius 3 is 2.90 bits per heavy atom. The maximum Gasteiger partial charge on any atom is 0.255 e. The van der Waals surface area contributed by atoms with E-state index >= 15 is 0 Å². The quantitative estimate of drug-likeness (QED) is 0.610. The second-order valence-electron chi connectivity index (χ2n) is 8.75. The van der Waals surface area contributed by atoms with Crippen molar-refractivity contribution in [2.24, 2.45) is 5.92 Å². The smallest absolute Gasteiger partial charge is 0.255 e. The van der Waals surface area contributed by atoms with Gasteiger partial charge in [-0.25, -0.2) is 14.4 Å². The van der Waals surface area contributed by atoms with Gasteiger partial charge in [-0.2, -0.15) is 0 Å². The van der Waals surface area contributed by atoms with Gasteiger partial charge in [-0.3, -0.25) is 4.79 Å². The van der Waals surface area contributed by atoms with Gasteiger partial charge in [-0.05, 0) is 37.6 Å². The average molecular weight is 423 g/mol. The third-order valence-corrected chi connectivity index (χ3v) is 6.46. The molecule has 1 fully saturated rings. The number of hydrogen-bond donors (Lipinski definition) is 0. The highest BCUT2D eigenvalue weighted by Crippen LogP contribution is 2.37. The Balaban J connectivity index is 1.32. The van der Waals surface area contributed by atoms with Crippen molar-refractivity contribution in [2.45, 2.75) is 32.0 Å². The van der Waals surface area contributed by atoms with E-state index in [1.54, 1.807) is 24.8 Å². The summed E-state index contributed by atoms with van der Waals surface area (Å²) in [7, 11) is 2.04. The molecule has 0 unspecified atom stereocenters. The second kappa shape index (κ2) is 8.26. The Morgan fingerprint density at radius 1 is 1.19 bits per heavy atom. The molecule has 2 bridgehead atoms. The first kappa shape index (κ1) is 19.9. The first-order valence-corrected chi connectivity index (χ1v) is 10.8.